The zero-order valence-electron chi connectivity index (χ0n) is 56.3. The van der Waals surface area contributed by atoms with Crippen LogP contribution in [0.3, 0.4) is 0 Å². The van der Waals surface area contributed by atoms with Crippen LogP contribution in [-0.4, -0.2) is 284 Å². The molecule has 17 N–H and O–H groups in total. The third-order valence-electron chi connectivity index (χ3n) is 17.0. The minimum atomic E-state index is -1.75. The zero-order chi connectivity index (χ0) is 72.7. The Kier molecular flexibility index (Phi) is 34.0. The number of nitrogens with two attached hydrogens (primary N) is 1. The van der Waals surface area contributed by atoms with Crippen LogP contribution < -0.4 is 48.3 Å². The highest BCUT2D eigenvalue weighted by molar-refractivity contribution is 8.76. The van der Waals surface area contributed by atoms with Crippen molar-refractivity contribution in [2.75, 3.05) is 103 Å². The Morgan fingerprint density at radius 1 is 0.580 bits per heavy atom. The van der Waals surface area contributed by atoms with Crippen molar-refractivity contribution >= 4 is 97.7 Å². The Labute approximate surface area is 588 Å². The third-order valence-corrected chi connectivity index (χ3v) is 19.4. The lowest BCUT2D eigenvalue weighted by Crippen LogP contribution is -2.62. The highest BCUT2D eigenvalue weighted by Gasteiger charge is 2.37. The zero-order valence-corrected chi connectivity index (χ0v) is 57.9. The topological polar surface area (TPSA) is 460 Å². The van der Waals surface area contributed by atoms with Gasteiger partial charge in [0.2, 0.25) is 47.3 Å². The fourth-order valence-electron chi connectivity index (χ4n) is 11.5. The Hall–Kier alpha value is -8.25. The monoisotopic (exact) mass is 1430 g/mol. The first-order chi connectivity index (χ1) is 47.9. The fourth-order valence-corrected chi connectivity index (χ4v) is 13.8. The van der Waals surface area contributed by atoms with Crippen molar-refractivity contribution in [1.82, 2.24) is 67.1 Å². The number of nitrogens with zero attached hydrogens (tertiary/aromatic N) is 4. The number of nitrogens with one attached hydrogen (secondary N) is 9. The molecule has 3 aromatic carbocycles. The first-order valence-corrected chi connectivity index (χ1v) is 35.9. The number of aliphatic hydroxyl groups excluding tert-OH is 3. The number of aromatic amines is 1. The summed E-state index contributed by atoms with van der Waals surface area (Å²) in [6.45, 7) is 2.36. The molecule has 100 heavy (non-hydrogen) atoms. The van der Waals surface area contributed by atoms with Gasteiger partial charge in [-0.05, 0) is 81.8 Å². The van der Waals surface area contributed by atoms with Crippen LogP contribution in [0, 0.1) is 0 Å². The summed E-state index contributed by atoms with van der Waals surface area (Å²) >= 11 is 0. The van der Waals surface area contributed by atoms with E-state index in [1.165, 1.54) is 13.8 Å². The maximum atomic E-state index is 15.3. The Morgan fingerprint density at radius 3 is 1.64 bits per heavy atom. The number of para-hydroxylation sites is 1. The second kappa shape index (κ2) is 42.1. The fraction of sp³-hybridized carbons (Fsp3) is 0.537. The average Bonchev–Trinajstić information content (AvgIpc) is 1.47. The van der Waals surface area contributed by atoms with Crippen molar-refractivity contribution < 1.29 is 83.4 Å². The molecule has 0 aliphatic carbocycles. The molecular weight excluding hydrogens is 1340 g/mol. The van der Waals surface area contributed by atoms with E-state index in [-0.39, 0.29) is 122 Å². The number of unbranched alkanes of at least 4 members (excludes halogenated alkanes) is 1. The predicted molar refractivity (Wildman–Crippen MR) is 374 cm³/mol. The molecule has 548 valence electrons. The van der Waals surface area contributed by atoms with Crippen LogP contribution in [0.25, 0.3) is 10.9 Å². The van der Waals surface area contributed by atoms with Crippen molar-refractivity contribution in [2.24, 2.45) is 5.73 Å². The van der Waals surface area contributed by atoms with E-state index in [1.807, 2.05) is 12.1 Å². The Bertz CT molecular complexity index is 3340. The van der Waals surface area contributed by atoms with Crippen molar-refractivity contribution in [1.29, 1.82) is 0 Å². The van der Waals surface area contributed by atoms with Gasteiger partial charge in [0.25, 0.3) is 0 Å². The van der Waals surface area contributed by atoms with E-state index in [4.69, 9.17) is 5.73 Å². The average molecular weight is 1430 g/mol. The molecule has 33 heteroatoms. The number of H-pyrrole nitrogens is 1. The van der Waals surface area contributed by atoms with Crippen molar-refractivity contribution in [3.8, 4) is 0 Å². The normalized spacial score (nSPS) is 22.2. The van der Waals surface area contributed by atoms with Gasteiger partial charge in [0.1, 0.15) is 42.3 Å². The lowest BCUT2D eigenvalue weighted by atomic mass is 10.0. The number of fused-ring (bicyclic) bond motifs is 1. The second-order valence-electron chi connectivity index (χ2n) is 25.0. The maximum Gasteiger partial charge on any atom is 0.317 e. The summed E-state index contributed by atoms with van der Waals surface area (Å²) in [7, 11) is 1.88. The van der Waals surface area contributed by atoms with Crippen molar-refractivity contribution in [2.45, 2.75) is 126 Å². The quantitative estimate of drug-likeness (QED) is 0.0230. The molecule has 0 saturated carbocycles. The van der Waals surface area contributed by atoms with Gasteiger partial charge in [-0.3, -0.25) is 72.3 Å². The van der Waals surface area contributed by atoms with Crippen LogP contribution >= 0.6 is 21.6 Å². The lowest BCUT2D eigenvalue weighted by molar-refractivity contribution is -0.140. The minimum Gasteiger partial charge on any atom is -0.480 e. The van der Waals surface area contributed by atoms with Gasteiger partial charge in [-0.25, -0.2) is 0 Å². The van der Waals surface area contributed by atoms with E-state index < -0.39 is 132 Å². The number of carbonyl (C=O) groups excluding carboxylic acids is 8. The number of carboxylic acids is 3. The molecule has 6 rings (SSSR count). The summed E-state index contributed by atoms with van der Waals surface area (Å²) in [5, 5.41) is 83.3. The third kappa shape index (κ3) is 27.7. The number of carbonyl (C=O) groups is 11. The number of aliphatic hydroxyl groups is 3. The summed E-state index contributed by atoms with van der Waals surface area (Å²) in [4.78, 5) is 164. The molecular formula is C67H96N14O17S2. The molecule has 2 saturated heterocycles. The molecule has 31 nitrogen and oxygen atoms in total. The van der Waals surface area contributed by atoms with E-state index >= 15 is 14.4 Å². The van der Waals surface area contributed by atoms with Gasteiger partial charge in [0.15, 0.2) is 0 Å². The standard InChI is InChI=1S/C67H96N14O17S2/c1-42(83)53(39-82)74-66(97)55-41-100-99-40-54(75-62(93)50(31-44-15-5-3-6-16-44)70-56(85)35-78-23-13-24-80(37-58(88)89)29-30-81(38-59(90)91)26-14-25-79(28-27-78)36-57(86)87)65(96)72-51(32-45-17-7-4-8-18-45)63(94)73-52(33-46-34-69-48-20-10-9-19-47(46)48)64(95)71-49(21-11-12-22-68)61(92)77-60(43(2)84)67(98)76-55/h3-10,15-20,34,42-43,49-55,60,69,82-84H,11-14,21-33,35-41,68H2,1-2H3,(H,70,85)(H,71,95)(H,72,96)(H,73,94)(H,74,97)(H,75,93)(H,76,98)(H,77,92)(H,86,87)(H,88,89)(H,90,91)/t42-,43-,49+,50-,51?,52-,53+,54+,55?,60?/m1/s1. The predicted octanol–water partition coefficient (Wildman–Crippen LogP) is -2.39. The molecule has 2 aliphatic rings. The molecule has 0 radical (unpaired) electrons. The van der Waals surface area contributed by atoms with Gasteiger partial charge in [-0.1, -0.05) is 100 Å². The first-order valence-electron chi connectivity index (χ1n) is 33.4. The molecule has 3 unspecified atom stereocenters. The van der Waals surface area contributed by atoms with Gasteiger partial charge >= 0.3 is 17.9 Å². The van der Waals surface area contributed by atoms with Gasteiger partial charge in [-0.15, -0.1) is 0 Å². The van der Waals surface area contributed by atoms with Crippen molar-refractivity contribution in [3.63, 3.8) is 0 Å². The van der Waals surface area contributed by atoms with Gasteiger partial charge in [0.05, 0.1) is 51.0 Å². The smallest absolute Gasteiger partial charge is 0.317 e. The van der Waals surface area contributed by atoms with E-state index in [0.29, 0.717) is 53.3 Å². The van der Waals surface area contributed by atoms with Gasteiger partial charge in [-0.2, -0.15) is 0 Å². The molecule has 2 aliphatic heterocycles. The van der Waals surface area contributed by atoms with Crippen molar-refractivity contribution in [3.05, 3.63) is 108 Å². The second-order valence-corrected chi connectivity index (χ2v) is 27.5. The van der Waals surface area contributed by atoms with Crippen LogP contribution in [-0.2, 0) is 72.0 Å². The van der Waals surface area contributed by atoms with Crippen LogP contribution in [0.1, 0.15) is 62.6 Å². The highest BCUT2D eigenvalue weighted by atomic mass is 33.1. The molecule has 2 fully saturated rings. The van der Waals surface area contributed by atoms with Gasteiger partial charge in [0, 0.05) is 93.7 Å². The van der Waals surface area contributed by atoms with E-state index in [9.17, 15) is 69.0 Å². The number of carboxylic acid groups (broad SMARTS) is 3. The molecule has 0 spiro atoms. The molecule has 0 bridgehead atoms. The number of rotatable bonds is 26. The summed E-state index contributed by atoms with van der Waals surface area (Å²) in [6.07, 6.45) is -0.311. The Balaban J connectivity index is 1.38. The molecule has 3 heterocycles. The molecule has 10 atom stereocenters. The highest BCUT2D eigenvalue weighted by Crippen LogP contribution is 2.25. The van der Waals surface area contributed by atoms with Gasteiger partial charge < -0.3 is 83.9 Å². The number of amides is 8. The number of aromatic nitrogens is 1. The summed E-state index contributed by atoms with van der Waals surface area (Å²) < 4.78 is 0. The SMILES string of the molecule is C[C@@H](O)C1NC(=O)[C@H](CCCCN)NC(=O)[C@@H](Cc2c[nH]c3ccccc23)NC(=O)C(Cc2ccccc2)NC(=O)[C@@H](NC(=O)[C@@H](Cc2ccccc2)NC(=O)CN2CCCN(CC(=O)O)CCN(CC(=O)O)CCCN(CC(=O)O)CC2)CSSCC(C(=O)N[C@@H](CO)[C@@H](C)O)NC1=O. The minimum absolute atomic E-state index is 0.0305. The molecule has 1 aromatic heterocycles. The van der Waals surface area contributed by atoms with Crippen LogP contribution in [0.15, 0.2) is 91.1 Å². The number of hydrogen-bond donors (Lipinski definition) is 16. The number of aliphatic carboxylic acids is 3. The number of benzene rings is 3. The van der Waals surface area contributed by atoms with Crippen LogP contribution in [0.5, 0.6) is 0 Å². The first kappa shape index (κ1) is 80.7. The number of hydrogen-bond acceptors (Lipinski definition) is 21. The maximum absolute atomic E-state index is 15.3. The largest absolute Gasteiger partial charge is 0.480 e. The summed E-state index contributed by atoms with van der Waals surface area (Å²) in [5.74, 6) is -11.0. The van der Waals surface area contributed by atoms with Crippen LogP contribution in [0.2, 0.25) is 0 Å². The van der Waals surface area contributed by atoms with E-state index in [2.05, 4.69) is 47.5 Å². The Morgan fingerprint density at radius 2 is 1.09 bits per heavy atom. The van der Waals surface area contributed by atoms with E-state index in [0.717, 1.165) is 21.6 Å². The lowest BCUT2D eigenvalue weighted by Gasteiger charge is -2.31. The van der Waals surface area contributed by atoms with E-state index in [1.54, 1.807) is 98.6 Å². The molecule has 4 aromatic rings. The summed E-state index contributed by atoms with van der Waals surface area (Å²) in [6, 6.07) is 12.7. The molecule has 8 amide bonds. The van der Waals surface area contributed by atoms with Crippen LogP contribution in [0.4, 0.5) is 0 Å². The summed E-state index contributed by atoms with van der Waals surface area (Å²) in [5.41, 5.74) is 8.30.